The first-order chi connectivity index (χ1) is 14.1. The van der Waals surface area contributed by atoms with E-state index in [9.17, 15) is 15.0 Å². The summed E-state index contributed by atoms with van der Waals surface area (Å²) in [6.07, 6.45) is -0.289. The fourth-order valence-electron chi connectivity index (χ4n) is 3.31. The Bertz CT molecular complexity index is 854. The quantitative estimate of drug-likeness (QED) is 0.347. The van der Waals surface area contributed by atoms with E-state index in [1.54, 1.807) is 0 Å². The molecule has 2 aromatic rings. The lowest BCUT2D eigenvalue weighted by atomic mass is 9.83. The minimum absolute atomic E-state index is 0.145. The number of carbonyl (C=O) groups is 1. The second kappa shape index (κ2) is 10.6. The zero-order chi connectivity index (χ0) is 22.3. The smallest absolute Gasteiger partial charge is 0.260 e. The van der Waals surface area contributed by atoms with E-state index in [0.717, 1.165) is 16.5 Å². The van der Waals surface area contributed by atoms with Gasteiger partial charge in [-0.25, -0.2) is 0 Å². The minimum atomic E-state index is -1.26. The number of H-pyrrole nitrogens is 1. The van der Waals surface area contributed by atoms with E-state index in [1.807, 2.05) is 51.2 Å². The molecular formula is C22H33N3O5. The second-order valence-corrected chi connectivity index (χ2v) is 8.42. The summed E-state index contributed by atoms with van der Waals surface area (Å²) in [5.41, 5.74) is 1.94. The van der Waals surface area contributed by atoms with Gasteiger partial charge in [-0.05, 0) is 30.4 Å². The number of aliphatic hydroxyl groups excluding tert-OH is 2. The van der Waals surface area contributed by atoms with Gasteiger partial charge < -0.3 is 30.1 Å². The molecule has 1 aromatic carbocycles. The highest BCUT2D eigenvalue weighted by Gasteiger charge is 2.35. The highest BCUT2D eigenvalue weighted by molar-refractivity contribution is 5.93. The van der Waals surface area contributed by atoms with Gasteiger partial charge in [0.2, 0.25) is 0 Å². The lowest BCUT2D eigenvalue weighted by Gasteiger charge is -2.32. The summed E-state index contributed by atoms with van der Waals surface area (Å²) in [4.78, 5) is 20.5. The molecule has 0 aliphatic rings. The molecule has 0 aliphatic heterocycles. The topological polar surface area (TPSA) is 116 Å². The van der Waals surface area contributed by atoms with Crippen molar-refractivity contribution in [1.29, 1.82) is 0 Å². The van der Waals surface area contributed by atoms with Crippen LogP contribution in [0.2, 0.25) is 0 Å². The number of oxime groups is 1. The number of hydrogen-bond donors (Lipinski definition) is 4. The van der Waals surface area contributed by atoms with Crippen LogP contribution in [0.15, 0.2) is 35.6 Å². The third kappa shape index (κ3) is 6.29. The summed E-state index contributed by atoms with van der Waals surface area (Å²) < 4.78 is 5.46. The molecule has 0 radical (unpaired) electrons. The average Bonchev–Trinajstić information content (AvgIpc) is 3.09. The fraction of sp³-hybridized carbons (Fsp3) is 0.545. The molecule has 4 N–H and O–H groups in total. The van der Waals surface area contributed by atoms with Crippen molar-refractivity contribution in [3.63, 3.8) is 0 Å². The van der Waals surface area contributed by atoms with Gasteiger partial charge in [0.25, 0.3) is 5.91 Å². The molecule has 8 nitrogen and oxygen atoms in total. The van der Waals surface area contributed by atoms with Gasteiger partial charge in [0, 0.05) is 30.8 Å². The van der Waals surface area contributed by atoms with Crippen LogP contribution in [0.1, 0.15) is 33.3 Å². The van der Waals surface area contributed by atoms with Gasteiger partial charge in [0.1, 0.15) is 17.9 Å². The predicted molar refractivity (Wildman–Crippen MR) is 116 cm³/mol. The Balaban J connectivity index is 1.91. The third-order valence-electron chi connectivity index (χ3n) is 4.81. The number of amides is 1. The number of benzene rings is 1. The van der Waals surface area contributed by atoms with Crippen molar-refractivity contribution < 1.29 is 24.6 Å². The summed E-state index contributed by atoms with van der Waals surface area (Å²) in [7, 11) is 1.50. The molecular weight excluding hydrogens is 386 g/mol. The Morgan fingerprint density at radius 2 is 1.97 bits per heavy atom. The van der Waals surface area contributed by atoms with Gasteiger partial charge >= 0.3 is 0 Å². The van der Waals surface area contributed by atoms with Crippen molar-refractivity contribution in [3.8, 4) is 0 Å². The monoisotopic (exact) mass is 419 g/mol. The highest BCUT2D eigenvalue weighted by atomic mass is 16.6. The van der Waals surface area contributed by atoms with E-state index in [0.29, 0.717) is 13.0 Å². The second-order valence-electron chi connectivity index (χ2n) is 8.42. The Morgan fingerprint density at radius 3 is 2.60 bits per heavy atom. The third-order valence-corrected chi connectivity index (χ3v) is 4.81. The number of aliphatic hydroxyl groups is 2. The van der Waals surface area contributed by atoms with E-state index in [-0.39, 0.29) is 18.2 Å². The molecule has 1 amide bonds. The molecule has 166 valence electrons. The van der Waals surface area contributed by atoms with Crippen LogP contribution >= 0.6 is 0 Å². The van der Waals surface area contributed by atoms with Crippen LogP contribution in [-0.2, 0) is 20.8 Å². The van der Waals surface area contributed by atoms with Crippen LogP contribution in [0.4, 0.5) is 0 Å². The number of rotatable bonds is 10. The van der Waals surface area contributed by atoms with E-state index >= 15 is 0 Å². The molecule has 0 fully saturated rings. The number of fused-ring (bicyclic) bond motifs is 1. The van der Waals surface area contributed by atoms with E-state index in [4.69, 9.17) is 9.57 Å². The van der Waals surface area contributed by atoms with Crippen LogP contribution in [0.25, 0.3) is 10.9 Å². The van der Waals surface area contributed by atoms with Crippen molar-refractivity contribution in [1.82, 2.24) is 10.3 Å². The number of nitrogens with zero attached hydrogens (tertiary/aromatic N) is 1. The standard InChI is InChI=1S/C22H33N3O5/c1-14(26)20(28)19(21(29-5)22(2,3)4)25-30-13-18(27)23-11-10-15-12-24-17-9-7-6-8-16(15)17/h6-9,12,14,20-21,24,26,28H,10-11,13H2,1-5H3,(H,23,27)/b25-19+/t14-,20+,21-/m1/s1. The number of hydrogen-bond acceptors (Lipinski definition) is 6. The van der Waals surface area contributed by atoms with E-state index in [2.05, 4.69) is 15.5 Å². The van der Waals surface area contributed by atoms with Crippen LogP contribution in [0.5, 0.6) is 0 Å². The molecule has 0 aliphatic carbocycles. The summed E-state index contributed by atoms with van der Waals surface area (Å²) in [5.74, 6) is -0.325. The molecule has 1 aromatic heterocycles. The summed E-state index contributed by atoms with van der Waals surface area (Å²) >= 11 is 0. The summed E-state index contributed by atoms with van der Waals surface area (Å²) in [6.45, 7) is 7.37. The van der Waals surface area contributed by atoms with Crippen molar-refractivity contribution in [3.05, 3.63) is 36.0 Å². The first kappa shape index (κ1) is 23.9. The highest BCUT2D eigenvalue weighted by Crippen LogP contribution is 2.25. The van der Waals surface area contributed by atoms with Gasteiger partial charge in [-0.15, -0.1) is 0 Å². The van der Waals surface area contributed by atoms with E-state index < -0.39 is 23.7 Å². The first-order valence-electron chi connectivity index (χ1n) is 10.1. The molecule has 0 saturated heterocycles. The summed E-state index contributed by atoms with van der Waals surface area (Å²) in [5, 5.41) is 27.9. The SMILES string of the molecule is CO[C@H](/C(=N/OCC(=O)NCCc1c[nH]c2ccccc12)[C@@H](O)[C@@H](C)O)C(C)(C)C. The molecule has 3 atom stereocenters. The maximum absolute atomic E-state index is 12.1. The molecule has 0 spiro atoms. The first-order valence-corrected chi connectivity index (χ1v) is 10.1. The lowest BCUT2D eigenvalue weighted by molar-refractivity contribution is -0.125. The molecule has 0 saturated carbocycles. The zero-order valence-electron chi connectivity index (χ0n) is 18.3. The number of ether oxygens (including phenoxy) is 1. The average molecular weight is 420 g/mol. The number of aromatic amines is 1. The predicted octanol–water partition coefficient (Wildman–Crippen LogP) is 2.00. The normalized spacial score (nSPS) is 15.6. The number of nitrogens with one attached hydrogen (secondary N) is 2. The van der Waals surface area contributed by atoms with Gasteiger partial charge in [-0.3, -0.25) is 4.79 Å². The van der Waals surface area contributed by atoms with Crippen molar-refractivity contribution in [2.75, 3.05) is 20.3 Å². The Kier molecular flexibility index (Phi) is 8.40. The van der Waals surface area contributed by atoms with Gasteiger partial charge in [-0.1, -0.05) is 44.1 Å². The van der Waals surface area contributed by atoms with Crippen LogP contribution in [-0.4, -0.2) is 65.4 Å². The van der Waals surface area contributed by atoms with Crippen molar-refractivity contribution in [2.24, 2.45) is 10.6 Å². The number of para-hydroxylation sites is 1. The molecule has 8 heteroatoms. The summed E-state index contributed by atoms with van der Waals surface area (Å²) in [6, 6.07) is 8.00. The van der Waals surface area contributed by atoms with Crippen LogP contribution < -0.4 is 5.32 Å². The molecule has 0 bridgehead atoms. The van der Waals surface area contributed by atoms with Gasteiger partial charge in [0.05, 0.1) is 6.10 Å². The molecule has 1 heterocycles. The maximum Gasteiger partial charge on any atom is 0.260 e. The van der Waals surface area contributed by atoms with E-state index in [1.165, 1.54) is 14.0 Å². The Hall–Kier alpha value is -2.42. The largest absolute Gasteiger partial charge is 0.390 e. The number of aromatic nitrogens is 1. The van der Waals surface area contributed by atoms with Crippen molar-refractivity contribution >= 4 is 22.5 Å². The molecule has 30 heavy (non-hydrogen) atoms. The number of carbonyl (C=O) groups excluding carboxylic acids is 1. The fourth-order valence-corrected chi connectivity index (χ4v) is 3.31. The minimum Gasteiger partial charge on any atom is -0.390 e. The Morgan fingerprint density at radius 1 is 1.27 bits per heavy atom. The maximum atomic E-state index is 12.1. The Labute approximate surface area is 177 Å². The van der Waals surface area contributed by atoms with Gasteiger partial charge in [0.15, 0.2) is 6.61 Å². The van der Waals surface area contributed by atoms with Crippen LogP contribution in [0, 0.1) is 5.41 Å². The lowest BCUT2D eigenvalue weighted by Crippen LogP contribution is -2.46. The molecule has 2 rings (SSSR count). The van der Waals surface area contributed by atoms with Gasteiger partial charge in [-0.2, -0.15) is 0 Å². The zero-order valence-corrected chi connectivity index (χ0v) is 18.3. The number of methoxy groups -OCH3 is 1. The van der Waals surface area contributed by atoms with Crippen molar-refractivity contribution in [2.45, 2.75) is 52.4 Å². The van der Waals surface area contributed by atoms with Crippen LogP contribution in [0.3, 0.4) is 0 Å². The molecule has 0 unspecified atom stereocenters.